The van der Waals surface area contributed by atoms with Gasteiger partial charge < -0.3 is 9.64 Å². The molecule has 1 amide bonds. The fourth-order valence-corrected chi connectivity index (χ4v) is 3.49. The number of amides is 1. The molecule has 0 N–H and O–H groups in total. The SMILES string of the molecule is Cc1nc(CSc2ccc(C(=O)OCC(=O)N(C)CCC#N)cc2)cs1. The number of aryl methyl sites for hydroxylation is 1. The monoisotopic (exact) mass is 389 g/mol. The minimum atomic E-state index is -0.543. The molecule has 0 spiro atoms. The van der Waals surface area contributed by atoms with Crippen molar-refractivity contribution in [1.82, 2.24) is 9.88 Å². The predicted molar refractivity (Wildman–Crippen MR) is 101 cm³/mol. The van der Waals surface area contributed by atoms with Gasteiger partial charge >= 0.3 is 5.97 Å². The van der Waals surface area contributed by atoms with Crippen LogP contribution in [0.3, 0.4) is 0 Å². The number of benzene rings is 1. The molecule has 8 heteroatoms. The Kier molecular flexibility index (Phi) is 7.63. The van der Waals surface area contributed by atoms with Gasteiger partial charge in [-0.05, 0) is 31.2 Å². The number of aromatic nitrogens is 1. The Hall–Kier alpha value is -2.37. The van der Waals surface area contributed by atoms with E-state index in [1.54, 1.807) is 42.3 Å². The number of thioether (sulfide) groups is 1. The summed E-state index contributed by atoms with van der Waals surface area (Å²) in [5, 5.41) is 11.6. The van der Waals surface area contributed by atoms with Crippen LogP contribution in [-0.4, -0.2) is 42.0 Å². The zero-order valence-electron chi connectivity index (χ0n) is 14.6. The lowest BCUT2D eigenvalue weighted by molar-refractivity contribution is -0.133. The third-order valence-electron chi connectivity index (χ3n) is 3.45. The zero-order chi connectivity index (χ0) is 18.9. The summed E-state index contributed by atoms with van der Waals surface area (Å²) < 4.78 is 5.03. The highest BCUT2D eigenvalue weighted by molar-refractivity contribution is 7.98. The summed E-state index contributed by atoms with van der Waals surface area (Å²) in [6, 6.07) is 9.02. The van der Waals surface area contributed by atoms with Crippen LogP contribution in [0.15, 0.2) is 34.5 Å². The van der Waals surface area contributed by atoms with E-state index in [9.17, 15) is 9.59 Å². The molecule has 1 aromatic heterocycles. The Bertz CT molecular complexity index is 797. The molecule has 1 heterocycles. The number of likely N-dealkylation sites (N-methyl/N-ethyl adjacent to an activating group) is 1. The van der Waals surface area contributed by atoms with E-state index in [0.29, 0.717) is 12.1 Å². The summed E-state index contributed by atoms with van der Waals surface area (Å²) in [5.74, 6) is -0.101. The molecule has 0 fully saturated rings. The fraction of sp³-hybridized carbons (Fsp3) is 0.333. The van der Waals surface area contributed by atoms with E-state index in [2.05, 4.69) is 4.98 Å². The number of ether oxygens (including phenoxy) is 1. The van der Waals surface area contributed by atoms with Crippen LogP contribution in [0.5, 0.6) is 0 Å². The van der Waals surface area contributed by atoms with Crippen molar-refractivity contribution in [2.24, 2.45) is 0 Å². The Morgan fingerprint density at radius 1 is 1.35 bits per heavy atom. The van der Waals surface area contributed by atoms with Gasteiger partial charge in [0.05, 0.1) is 28.8 Å². The van der Waals surface area contributed by atoms with Gasteiger partial charge in [-0.15, -0.1) is 23.1 Å². The van der Waals surface area contributed by atoms with Crippen molar-refractivity contribution >= 4 is 35.0 Å². The van der Waals surface area contributed by atoms with E-state index in [1.165, 1.54) is 4.90 Å². The normalized spacial score (nSPS) is 10.2. The van der Waals surface area contributed by atoms with Crippen LogP contribution in [0.1, 0.15) is 27.5 Å². The van der Waals surface area contributed by atoms with Gasteiger partial charge in [0.25, 0.3) is 5.91 Å². The number of hydrogen-bond donors (Lipinski definition) is 0. The molecule has 0 unspecified atom stereocenters. The smallest absolute Gasteiger partial charge is 0.338 e. The lowest BCUT2D eigenvalue weighted by Crippen LogP contribution is -2.31. The summed E-state index contributed by atoms with van der Waals surface area (Å²) in [6.07, 6.45) is 0.246. The molecule has 0 aliphatic heterocycles. The van der Waals surface area contributed by atoms with Crippen molar-refractivity contribution in [3.8, 4) is 6.07 Å². The second-order valence-corrected chi connectivity index (χ2v) is 7.58. The minimum Gasteiger partial charge on any atom is -0.452 e. The molecule has 2 aromatic rings. The summed E-state index contributed by atoms with van der Waals surface area (Å²) in [6.45, 7) is 1.96. The topological polar surface area (TPSA) is 83.3 Å². The summed E-state index contributed by atoms with van der Waals surface area (Å²) >= 11 is 3.27. The molecule has 0 aliphatic rings. The van der Waals surface area contributed by atoms with E-state index >= 15 is 0 Å². The molecule has 0 saturated heterocycles. The quantitative estimate of drug-likeness (QED) is 0.509. The van der Waals surface area contributed by atoms with E-state index in [0.717, 1.165) is 21.3 Å². The summed E-state index contributed by atoms with van der Waals surface area (Å²) in [5.41, 5.74) is 1.44. The maximum absolute atomic E-state index is 12.0. The predicted octanol–water partition coefficient (Wildman–Crippen LogP) is 3.27. The van der Waals surface area contributed by atoms with Gasteiger partial charge in [-0.25, -0.2) is 9.78 Å². The minimum absolute atomic E-state index is 0.246. The molecule has 0 saturated carbocycles. The van der Waals surface area contributed by atoms with E-state index in [1.807, 2.05) is 30.5 Å². The molecule has 0 radical (unpaired) electrons. The highest BCUT2D eigenvalue weighted by Gasteiger charge is 2.13. The van der Waals surface area contributed by atoms with Crippen LogP contribution in [-0.2, 0) is 15.3 Å². The molecular weight excluding hydrogens is 370 g/mol. The second kappa shape index (κ2) is 9.94. The van der Waals surface area contributed by atoms with E-state index in [4.69, 9.17) is 10.00 Å². The van der Waals surface area contributed by atoms with Crippen molar-refractivity contribution < 1.29 is 14.3 Å². The summed E-state index contributed by atoms with van der Waals surface area (Å²) in [4.78, 5) is 30.6. The molecular formula is C18H19N3O3S2. The highest BCUT2D eigenvalue weighted by atomic mass is 32.2. The maximum atomic E-state index is 12.0. The number of carbonyl (C=O) groups is 2. The number of hydrogen-bond acceptors (Lipinski definition) is 7. The number of carbonyl (C=O) groups excluding carboxylic acids is 2. The molecule has 26 heavy (non-hydrogen) atoms. The summed E-state index contributed by atoms with van der Waals surface area (Å²) in [7, 11) is 1.57. The third-order valence-corrected chi connectivity index (χ3v) is 5.32. The maximum Gasteiger partial charge on any atom is 0.338 e. The second-order valence-electron chi connectivity index (χ2n) is 5.47. The number of thiazole rings is 1. The van der Waals surface area contributed by atoms with Gasteiger partial charge in [0, 0.05) is 29.6 Å². The van der Waals surface area contributed by atoms with Gasteiger partial charge in [0.2, 0.25) is 0 Å². The molecule has 0 bridgehead atoms. The first-order valence-corrected chi connectivity index (χ1v) is 9.78. The number of nitrogens with zero attached hydrogens (tertiary/aromatic N) is 3. The molecule has 136 valence electrons. The van der Waals surface area contributed by atoms with Crippen molar-refractivity contribution in [1.29, 1.82) is 5.26 Å². The van der Waals surface area contributed by atoms with Crippen molar-refractivity contribution in [3.05, 3.63) is 45.9 Å². The highest BCUT2D eigenvalue weighted by Crippen LogP contribution is 2.24. The Morgan fingerprint density at radius 2 is 2.08 bits per heavy atom. The van der Waals surface area contributed by atoms with Crippen LogP contribution in [0.25, 0.3) is 0 Å². The first kappa shape index (κ1) is 19.9. The molecule has 0 aliphatic carbocycles. The average molecular weight is 390 g/mol. The van der Waals surface area contributed by atoms with Crippen LogP contribution in [0.2, 0.25) is 0 Å². The third kappa shape index (κ3) is 6.17. The molecule has 1 aromatic carbocycles. The molecule has 0 atom stereocenters. The fourth-order valence-electron chi connectivity index (χ4n) is 1.98. The van der Waals surface area contributed by atoms with Gasteiger partial charge in [0.15, 0.2) is 6.61 Å². The van der Waals surface area contributed by atoms with Gasteiger partial charge in [0.1, 0.15) is 0 Å². The van der Waals surface area contributed by atoms with Crippen LogP contribution in [0.4, 0.5) is 0 Å². The van der Waals surface area contributed by atoms with Crippen LogP contribution >= 0.6 is 23.1 Å². The Balaban J connectivity index is 1.80. The first-order chi connectivity index (χ1) is 12.5. The first-order valence-electron chi connectivity index (χ1n) is 7.91. The number of rotatable bonds is 8. The lowest BCUT2D eigenvalue weighted by Gasteiger charge is -2.15. The molecule has 6 nitrogen and oxygen atoms in total. The average Bonchev–Trinajstić information content (AvgIpc) is 3.07. The van der Waals surface area contributed by atoms with Gasteiger partial charge in [-0.2, -0.15) is 5.26 Å². The van der Waals surface area contributed by atoms with Crippen LogP contribution in [0, 0.1) is 18.3 Å². The lowest BCUT2D eigenvalue weighted by atomic mass is 10.2. The van der Waals surface area contributed by atoms with E-state index < -0.39 is 5.97 Å². The Labute approximate surface area is 160 Å². The van der Waals surface area contributed by atoms with E-state index in [-0.39, 0.29) is 18.9 Å². The standard InChI is InChI=1S/C18H19N3O3S2/c1-13-20-15(11-25-13)12-26-16-6-4-14(5-7-16)18(23)24-10-17(22)21(2)9-3-8-19/h4-7,11H,3,9-10,12H2,1-2H3. The van der Waals surface area contributed by atoms with Crippen molar-refractivity contribution in [2.45, 2.75) is 24.0 Å². The number of esters is 1. The Morgan fingerprint density at radius 3 is 2.69 bits per heavy atom. The van der Waals surface area contributed by atoms with Crippen molar-refractivity contribution in [2.75, 3.05) is 20.2 Å². The number of nitriles is 1. The molecule has 2 rings (SSSR count). The van der Waals surface area contributed by atoms with Gasteiger partial charge in [-0.1, -0.05) is 0 Å². The largest absolute Gasteiger partial charge is 0.452 e. The van der Waals surface area contributed by atoms with Gasteiger partial charge in [-0.3, -0.25) is 4.79 Å². The van der Waals surface area contributed by atoms with Crippen molar-refractivity contribution in [3.63, 3.8) is 0 Å². The van der Waals surface area contributed by atoms with Crippen LogP contribution < -0.4 is 0 Å². The zero-order valence-corrected chi connectivity index (χ0v) is 16.2.